The van der Waals surface area contributed by atoms with Crippen LogP contribution in [0.2, 0.25) is 0 Å². The number of aromatic nitrogens is 1. The van der Waals surface area contributed by atoms with Gasteiger partial charge in [-0.25, -0.2) is 0 Å². The van der Waals surface area contributed by atoms with E-state index in [1.54, 1.807) is 24.5 Å². The molecule has 1 amide bonds. The molecule has 6 nitrogen and oxygen atoms in total. The summed E-state index contributed by atoms with van der Waals surface area (Å²) in [5, 5.41) is 14.3. The van der Waals surface area contributed by atoms with Crippen molar-refractivity contribution < 1.29 is 9.72 Å². The molecule has 0 saturated carbocycles. The largest absolute Gasteiger partial charge is 0.347 e. The van der Waals surface area contributed by atoms with Crippen LogP contribution < -0.4 is 5.32 Å². The standard InChI is InChI=1S/C15H11N3O3S/c19-15(17-9-10-3-5-16-6-4-10)14-8-11-7-12(18(20)21)1-2-13(11)22-14/h1-8H,9H2,(H,17,19). The van der Waals surface area contributed by atoms with E-state index in [4.69, 9.17) is 0 Å². The van der Waals surface area contributed by atoms with Gasteiger partial charge in [-0.2, -0.15) is 0 Å². The Bertz CT molecular complexity index is 846. The van der Waals surface area contributed by atoms with E-state index in [9.17, 15) is 14.9 Å². The zero-order valence-electron chi connectivity index (χ0n) is 11.4. The molecule has 0 bridgehead atoms. The summed E-state index contributed by atoms with van der Waals surface area (Å²) in [6.45, 7) is 0.412. The van der Waals surface area contributed by atoms with E-state index in [0.717, 1.165) is 10.3 Å². The molecule has 0 saturated heterocycles. The van der Waals surface area contributed by atoms with Crippen molar-refractivity contribution in [3.63, 3.8) is 0 Å². The number of non-ortho nitro benzene ring substituents is 1. The summed E-state index contributed by atoms with van der Waals surface area (Å²) in [5.74, 6) is -0.194. The summed E-state index contributed by atoms with van der Waals surface area (Å²) in [5.41, 5.74) is 0.981. The van der Waals surface area contributed by atoms with Crippen LogP contribution >= 0.6 is 11.3 Å². The van der Waals surface area contributed by atoms with Gasteiger partial charge in [0, 0.05) is 41.2 Å². The number of nitrogens with one attached hydrogen (secondary N) is 1. The van der Waals surface area contributed by atoms with Crippen LogP contribution in [0, 0.1) is 10.1 Å². The minimum absolute atomic E-state index is 0.0223. The summed E-state index contributed by atoms with van der Waals surface area (Å²) in [6.07, 6.45) is 3.33. The number of nitro groups is 1. The molecule has 3 aromatic rings. The number of carbonyl (C=O) groups is 1. The van der Waals surface area contributed by atoms with Gasteiger partial charge in [-0.15, -0.1) is 11.3 Å². The summed E-state index contributed by atoms with van der Waals surface area (Å²) < 4.78 is 0.847. The molecule has 3 rings (SSSR count). The third-order valence-electron chi connectivity index (χ3n) is 3.14. The number of fused-ring (bicyclic) bond motifs is 1. The van der Waals surface area contributed by atoms with Crippen molar-refractivity contribution in [3.05, 3.63) is 69.3 Å². The van der Waals surface area contributed by atoms with Crippen LogP contribution in [-0.2, 0) is 6.54 Å². The number of hydrogen-bond donors (Lipinski definition) is 1. The Kier molecular flexibility index (Phi) is 3.80. The lowest BCUT2D eigenvalue weighted by Gasteiger charge is -2.02. The van der Waals surface area contributed by atoms with Gasteiger partial charge in [-0.1, -0.05) is 0 Å². The first-order valence-corrected chi connectivity index (χ1v) is 7.30. The molecular weight excluding hydrogens is 302 g/mol. The lowest BCUT2D eigenvalue weighted by atomic mass is 10.2. The number of rotatable bonds is 4. The highest BCUT2D eigenvalue weighted by Crippen LogP contribution is 2.28. The van der Waals surface area contributed by atoms with Gasteiger partial charge in [0.25, 0.3) is 11.6 Å². The SMILES string of the molecule is O=C(NCc1ccncc1)c1cc2cc([N+](=O)[O-])ccc2s1. The number of nitrogens with zero attached hydrogens (tertiary/aromatic N) is 2. The highest BCUT2D eigenvalue weighted by Gasteiger charge is 2.13. The molecule has 0 spiro atoms. The molecule has 0 unspecified atom stereocenters. The molecule has 0 fully saturated rings. The minimum atomic E-state index is -0.444. The second kappa shape index (κ2) is 5.90. The lowest BCUT2D eigenvalue weighted by molar-refractivity contribution is -0.384. The molecule has 110 valence electrons. The maximum atomic E-state index is 12.2. The fourth-order valence-electron chi connectivity index (χ4n) is 2.03. The molecule has 1 N–H and O–H groups in total. The second-order valence-electron chi connectivity index (χ2n) is 4.63. The number of hydrogen-bond acceptors (Lipinski definition) is 5. The Labute approximate surface area is 129 Å². The molecule has 22 heavy (non-hydrogen) atoms. The lowest BCUT2D eigenvalue weighted by Crippen LogP contribution is -2.21. The van der Waals surface area contributed by atoms with Gasteiger partial charge in [0.2, 0.25) is 0 Å². The molecule has 1 aromatic carbocycles. The average Bonchev–Trinajstić information content (AvgIpc) is 2.96. The van der Waals surface area contributed by atoms with Gasteiger partial charge >= 0.3 is 0 Å². The first kappa shape index (κ1) is 14.2. The number of nitro benzene ring substituents is 1. The van der Waals surface area contributed by atoms with Gasteiger partial charge in [0.05, 0.1) is 9.80 Å². The van der Waals surface area contributed by atoms with Crippen LogP contribution in [-0.4, -0.2) is 15.8 Å². The monoisotopic (exact) mass is 313 g/mol. The van der Waals surface area contributed by atoms with Gasteiger partial charge < -0.3 is 5.32 Å². The Hall–Kier alpha value is -2.80. The molecule has 2 heterocycles. The fourth-order valence-corrected chi connectivity index (χ4v) is 2.99. The highest BCUT2D eigenvalue weighted by atomic mass is 32.1. The van der Waals surface area contributed by atoms with Crippen molar-refractivity contribution in [1.82, 2.24) is 10.3 Å². The molecule has 0 atom stereocenters. The van der Waals surface area contributed by atoms with Gasteiger partial charge in [0.1, 0.15) is 0 Å². The average molecular weight is 313 g/mol. The van der Waals surface area contributed by atoms with Crippen LogP contribution in [0.4, 0.5) is 5.69 Å². The van der Waals surface area contributed by atoms with E-state index in [2.05, 4.69) is 10.3 Å². The quantitative estimate of drug-likeness (QED) is 0.592. The first-order chi connectivity index (χ1) is 10.6. The fraction of sp³-hybridized carbons (Fsp3) is 0.0667. The van der Waals surface area contributed by atoms with Crippen molar-refractivity contribution in [2.45, 2.75) is 6.54 Å². The molecule has 2 aromatic heterocycles. The van der Waals surface area contributed by atoms with E-state index in [-0.39, 0.29) is 11.6 Å². The number of pyridine rings is 1. The second-order valence-corrected chi connectivity index (χ2v) is 5.71. The van der Waals surface area contributed by atoms with Crippen molar-refractivity contribution in [2.75, 3.05) is 0 Å². The Morgan fingerprint density at radius 3 is 2.73 bits per heavy atom. The summed E-state index contributed by atoms with van der Waals surface area (Å²) in [6, 6.07) is 9.92. The predicted molar refractivity (Wildman–Crippen MR) is 83.9 cm³/mol. The number of amides is 1. The van der Waals surface area contributed by atoms with Crippen molar-refractivity contribution >= 4 is 33.0 Å². The van der Waals surface area contributed by atoms with Crippen molar-refractivity contribution in [2.24, 2.45) is 0 Å². The highest BCUT2D eigenvalue weighted by molar-refractivity contribution is 7.20. The van der Waals surface area contributed by atoms with Crippen LogP contribution in [0.15, 0.2) is 48.8 Å². The minimum Gasteiger partial charge on any atom is -0.347 e. The third-order valence-corrected chi connectivity index (χ3v) is 4.25. The zero-order valence-corrected chi connectivity index (χ0v) is 12.2. The Morgan fingerprint density at radius 1 is 1.23 bits per heavy atom. The molecule has 0 aliphatic rings. The van der Waals surface area contributed by atoms with E-state index < -0.39 is 4.92 Å². The van der Waals surface area contributed by atoms with E-state index in [1.165, 1.54) is 23.5 Å². The maximum Gasteiger partial charge on any atom is 0.270 e. The summed E-state index contributed by atoms with van der Waals surface area (Å²) in [7, 11) is 0. The Balaban J connectivity index is 1.78. The van der Waals surface area contributed by atoms with E-state index in [0.29, 0.717) is 16.8 Å². The number of carbonyl (C=O) groups excluding carboxylic acids is 1. The van der Waals surface area contributed by atoms with Crippen LogP contribution in [0.1, 0.15) is 15.2 Å². The van der Waals surface area contributed by atoms with Gasteiger partial charge in [-0.05, 0) is 29.8 Å². The molecule has 0 radical (unpaired) electrons. The predicted octanol–water partition coefficient (Wildman–Crippen LogP) is 3.13. The topological polar surface area (TPSA) is 85.1 Å². The van der Waals surface area contributed by atoms with Crippen LogP contribution in [0.3, 0.4) is 0 Å². The van der Waals surface area contributed by atoms with Crippen molar-refractivity contribution in [3.8, 4) is 0 Å². The molecule has 7 heteroatoms. The zero-order chi connectivity index (χ0) is 15.5. The van der Waals surface area contributed by atoms with Crippen molar-refractivity contribution in [1.29, 1.82) is 0 Å². The van der Waals surface area contributed by atoms with E-state index >= 15 is 0 Å². The normalized spacial score (nSPS) is 10.5. The smallest absolute Gasteiger partial charge is 0.270 e. The number of thiophene rings is 1. The Morgan fingerprint density at radius 2 is 2.00 bits per heavy atom. The molecule has 0 aliphatic carbocycles. The van der Waals surface area contributed by atoms with Gasteiger partial charge in [-0.3, -0.25) is 19.9 Å². The van der Waals surface area contributed by atoms with Crippen LogP contribution in [0.25, 0.3) is 10.1 Å². The summed E-state index contributed by atoms with van der Waals surface area (Å²) in [4.78, 5) is 26.9. The molecule has 0 aliphatic heterocycles. The number of benzene rings is 1. The maximum absolute atomic E-state index is 12.2. The molecular formula is C15H11N3O3S. The van der Waals surface area contributed by atoms with Gasteiger partial charge in [0.15, 0.2) is 0 Å². The van der Waals surface area contributed by atoms with Crippen LogP contribution in [0.5, 0.6) is 0 Å². The first-order valence-electron chi connectivity index (χ1n) is 6.48. The van der Waals surface area contributed by atoms with E-state index in [1.807, 2.05) is 12.1 Å². The summed E-state index contributed by atoms with van der Waals surface area (Å²) >= 11 is 1.31. The third kappa shape index (κ3) is 2.94.